The van der Waals surface area contributed by atoms with E-state index in [0.717, 1.165) is 16.7 Å². The predicted molar refractivity (Wildman–Crippen MR) is 134 cm³/mol. The predicted octanol–water partition coefficient (Wildman–Crippen LogP) is 6.38. The van der Waals surface area contributed by atoms with Gasteiger partial charge in [-0.05, 0) is 34.4 Å². The number of benzene rings is 4. The lowest BCUT2D eigenvalue weighted by molar-refractivity contribution is -0.493. The molecule has 4 aromatic carbocycles. The van der Waals surface area contributed by atoms with E-state index in [1.54, 1.807) is 18.2 Å². The summed E-state index contributed by atoms with van der Waals surface area (Å²) in [6.45, 7) is 0.641. The van der Waals surface area contributed by atoms with Crippen LogP contribution in [0.25, 0.3) is 0 Å². The first-order chi connectivity index (χ1) is 17.2. The third kappa shape index (κ3) is 7.42. The minimum Gasteiger partial charge on any atom is -0.485 e. The van der Waals surface area contributed by atoms with Crippen LogP contribution >= 0.6 is 0 Å². The number of nitrogens with zero attached hydrogens (tertiary/aromatic N) is 1. The van der Waals surface area contributed by atoms with Crippen LogP contribution in [0.5, 0.6) is 11.5 Å². The summed E-state index contributed by atoms with van der Waals surface area (Å²) in [6.07, 6.45) is -0.729. The molecule has 4 rings (SSSR count). The van der Waals surface area contributed by atoms with Gasteiger partial charge < -0.3 is 14.2 Å². The Labute approximate surface area is 204 Å². The zero-order chi connectivity index (χ0) is 24.3. The van der Waals surface area contributed by atoms with Crippen LogP contribution in [0.3, 0.4) is 0 Å². The topological polar surface area (TPSA) is 70.8 Å². The lowest BCUT2D eigenvalue weighted by Crippen LogP contribution is -2.16. The smallest absolute Gasteiger partial charge is 0.233 e. The standard InChI is InChI=1S/C29H27NO5/c31-30(32)19-29(35-22-25-14-8-3-9-15-25)26-16-17-27(33-20-23-10-4-1-5-11-23)28(18-26)34-21-24-12-6-2-7-13-24/h1-18,29H,19-22H2. The van der Waals surface area contributed by atoms with Crippen LogP contribution in [0, 0.1) is 10.1 Å². The Morgan fingerprint density at radius 3 is 1.63 bits per heavy atom. The van der Waals surface area contributed by atoms with Gasteiger partial charge in [-0.25, -0.2) is 0 Å². The molecule has 1 atom stereocenters. The van der Waals surface area contributed by atoms with E-state index in [4.69, 9.17) is 14.2 Å². The first kappa shape index (κ1) is 24.0. The maximum Gasteiger partial charge on any atom is 0.233 e. The van der Waals surface area contributed by atoms with Gasteiger partial charge in [-0.3, -0.25) is 10.1 Å². The van der Waals surface area contributed by atoms with Gasteiger partial charge in [-0.2, -0.15) is 0 Å². The average molecular weight is 470 g/mol. The van der Waals surface area contributed by atoms with Gasteiger partial charge in [0.05, 0.1) is 6.61 Å². The van der Waals surface area contributed by atoms with Crippen molar-refractivity contribution in [3.63, 3.8) is 0 Å². The molecule has 0 aliphatic rings. The minimum absolute atomic E-state index is 0.270. The molecular formula is C29H27NO5. The van der Waals surface area contributed by atoms with Gasteiger partial charge >= 0.3 is 0 Å². The lowest BCUT2D eigenvalue weighted by atomic mass is 10.1. The molecule has 0 aromatic heterocycles. The van der Waals surface area contributed by atoms with Crippen molar-refractivity contribution >= 4 is 0 Å². The van der Waals surface area contributed by atoms with Crippen LogP contribution in [0.2, 0.25) is 0 Å². The summed E-state index contributed by atoms with van der Waals surface area (Å²) in [5, 5.41) is 11.4. The molecule has 1 unspecified atom stereocenters. The summed E-state index contributed by atoms with van der Waals surface area (Å²) in [5.74, 6) is 1.08. The fourth-order valence-electron chi connectivity index (χ4n) is 3.59. The molecule has 35 heavy (non-hydrogen) atoms. The summed E-state index contributed by atoms with van der Waals surface area (Å²) < 4.78 is 18.2. The van der Waals surface area contributed by atoms with Crippen molar-refractivity contribution < 1.29 is 19.1 Å². The molecule has 4 aromatic rings. The zero-order valence-corrected chi connectivity index (χ0v) is 19.3. The van der Waals surface area contributed by atoms with Crippen molar-refractivity contribution in [2.24, 2.45) is 0 Å². The van der Waals surface area contributed by atoms with Crippen LogP contribution in [0.1, 0.15) is 28.4 Å². The van der Waals surface area contributed by atoms with Gasteiger partial charge in [0.25, 0.3) is 0 Å². The molecule has 0 amide bonds. The Kier molecular flexibility index (Phi) is 8.46. The number of ether oxygens (including phenoxy) is 3. The van der Waals surface area contributed by atoms with E-state index in [9.17, 15) is 10.1 Å². The molecule has 0 heterocycles. The maximum atomic E-state index is 11.4. The van der Waals surface area contributed by atoms with Gasteiger partial charge in [-0.15, -0.1) is 0 Å². The summed E-state index contributed by atoms with van der Waals surface area (Å²) in [6, 6.07) is 34.6. The van der Waals surface area contributed by atoms with E-state index < -0.39 is 6.10 Å². The Hall–Kier alpha value is -4.16. The van der Waals surface area contributed by atoms with Crippen LogP contribution in [0.15, 0.2) is 109 Å². The van der Waals surface area contributed by atoms with Crippen molar-refractivity contribution in [1.82, 2.24) is 0 Å². The largest absolute Gasteiger partial charge is 0.485 e. The lowest BCUT2D eigenvalue weighted by Gasteiger charge is -2.18. The van der Waals surface area contributed by atoms with Gasteiger partial charge in [0.2, 0.25) is 6.54 Å². The van der Waals surface area contributed by atoms with Gasteiger partial charge in [0, 0.05) is 4.92 Å². The molecule has 0 aliphatic heterocycles. The van der Waals surface area contributed by atoms with E-state index in [1.165, 1.54) is 0 Å². The highest BCUT2D eigenvalue weighted by Gasteiger charge is 2.21. The molecule has 0 fully saturated rings. The highest BCUT2D eigenvalue weighted by molar-refractivity contribution is 5.44. The first-order valence-corrected chi connectivity index (χ1v) is 11.4. The second kappa shape index (κ2) is 12.3. The van der Waals surface area contributed by atoms with Crippen molar-refractivity contribution in [2.45, 2.75) is 25.9 Å². The Bertz CT molecular complexity index is 1200. The number of hydrogen-bond donors (Lipinski definition) is 0. The van der Waals surface area contributed by atoms with Crippen LogP contribution in [0.4, 0.5) is 0 Å². The number of nitro groups is 1. The normalized spacial score (nSPS) is 11.5. The summed E-state index contributed by atoms with van der Waals surface area (Å²) in [7, 11) is 0. The monoisotopic (exact) mass is 469 g/mol. The molecule has 178 valence electrons. The van der Waals surface area contributed by atoms with Crippen molar-refractivity contribution in [3.8, 4) is 11.5 Å². The molecule has 6 nitrogen and oxygen atoms in total. The fourth-order valence-corrected chi connectivity index (χ4v) is 3.59. The molecule has 0 saturated carbocycles. The number of rotatable bonds is 12. The van der Waals surface area contributed by atoms with E-state index in [2.05, 4.69) is 0 Å². The molecule has 0 spiro atoms. The van der Waals surface area contributed by atoms with E-state index in [-0.39, 0.29) is 18.1 Å². The first-order valence-electron chi connectivity index (χ1n) is 11.4. The van der Waals surface area contributed by atoms with Gasteiger partial charge in [0.15, 0.2) is 11.5 Å². The highest BCUT2D eigenvalue weighted by Crippen LogP contribution is 2.33. The molecule has 0 saturated heterocycles. The quantitative estimate of drug-likeness (QED) is 0.178. The average Bonchev–Trinajstić information content (AvgIpc) is 2.90. The molecule has 0 aliphatic carbocycles. The molecule has 6 heteroatoms. The van der Waals surface area contributed by atoms with E-state index in [0.29, 0.717) is 30.3 Å². The number of hydrogen-bond acceptors (Lipinski definition) is 5. The van der Waals surface area contributed by atoms with Crippen molar-refractivity contribution in [2.75, 3.05) is 6.54 Å². The Balaban J connectivity index is 1.56. The third-order valence-corrected chi connectivity index (χ3v) is 5.42. The fraction of sp³-hybridized carbons (Fsp3) is 0.172. The molecule has 0 N–H and O–H groups in total. The van der Waals surface area contributed by atoms with Crippen LogP contribution in [-0.2, 0) is 24.6 Å². The van der Waals surface area contributed by atoms with Crippen LogP contribution in [-0.4, -0.2) is 11.5 Å². The molecular weight excluding hydrogens is 442 g/mol. The second-order valence-corrected chi connectivity index (χ2v) is 8.06. The summed E-state index contributed by atoms with van der Waals surface area (Å²) in [4.78, 5) is 11.0. The van der Waals surface area contributed by atoms with Crippen molar-refractivity contribution in [3.05, 3.63) is 142 Å². The second-order valence-electron chi connectivity index (χ2n) is 8.06. The summed E-state index contributed by atoms with van der Waals surface area (Å²) >= 11 is 0. The molecule has 0 radical (unpaired) electrons. The molecule has 0 bridgehead atoms. The maximum absolute atomic E-state index is 11.4. The highest BCUT2D eigenvalue weighted by atomic mass is 16.6. The van der Waals surface area contributed by atoms with Gasteiger partial charge in [-0.1, -0.05) is 97.1 Å². The zero-order valence-electron chi connectivity index (χ0n) is 19.3. The third-order valence-electron chi connectivity index (χ3n) is 5.42. The minimum atomic E-state index is -0.729. The van der Waals surface area contributed by atoms with Gasteiger partial charge in [0.1, 0.15) is 19.3 Å². The summed E-state index contributed by atoms with van der Waals surface area (Å²) in [5.41, 5.74) is 3.65. The Morgan fingerprint density at radius 1 is 0.629 bits per heavy atom. The van der Waals surface area contributed by atoms with Crippen LogP contribution < -0.4 is 9.47 Å². The van der Waals surface area contributed by atoms with E-state index >= 15 is 0 Å². The SMILES string of the molecule is O=[N+]([O-])CC(OCc1ccccc1)c1ccc(OCc2ccccc2)c(OCc2ccccc2)c1. The van der Waals surface area contributed by atoms with E-state index in [1.807, 2.05) is 91.0 Å². The Morgan fingerprint density at radius 2 is 1.11 bits per heavy atom. The van der Waals surface area contributed by atoms with Crippen molar-refractivity contribution in [1.29, 1.82) is 0 Å².